The van der Waals surface area contributed by atoms with E-state index in [1.165, 1.54) is 0 Å². The van der Waals surface area contributed by atoms with Gasteiger partial charge >= 0.3 is 0 Å². The molecule has 1 aliphatic carbocycles. The summed E-state index contributed by atoms with van der Waals surface area (Å²) < 4.78 is 0. The molecule has 0 aromatic heterocycles. The maximum absolute atomic E-state index is 10.3. The Bertz CT molecular complexity index is 313. The molecule has 17 heavy (non-hydrogen) atoms. The van der Waals surface area contributed by atoms with Crippen LogP contribution in [0.2, 0.25) is 0 Å². The second kappa shape index (κ2) is 3.69. The van der Waals surface area contributed by atoms with Gasteiger partial charge in [0, 0.05) is 11.1 Å². The molecule has 5 atom stereocenters. The maximum Gasteiger partial charge on any atom is 0.0732 e. The number of aliphatic hydroxyl groups excluding tert-OH is 1. The predicted molar refractivity (Wildman–Crippen MR) is 68.9 cm³/mol. The van der Waals surface area contributed by atoms with Crippen LogP contribution in [0.15, 0.2) is 0 Å². The highest BCUT2D eigenvalue weighted by atomic mass is 16.3. The second-order valence-corrected chi connectivity index (χ2v) is 6.88. The minimum atomic E-state index is -0.606. The maximum atomic E-state index is 10.3. The molecule has 4 unspecified atom stereocenters. The third-order valence-electron chi connectivity index (χ3n) is 5.01. The summed E-state index contributed by atoms with van der Waals surface area (Å²) in [6.07, 6.45) is 3.40. The lowest BCUT2D eigenvalue weighted by Gasteiger charge is -2.36. The van der Waals surface area contributed by atoms with Gasteiger partial charge in [0.05, 0.1) is 17.7 Å². The third-order valence-corrected chi connectivity index (χ3v) is 5.01. The van der Waals surface area contributed by atoms with E-state index in [1.807, 2.05) is 13.8 Å². The first-order valence-corrected chi connectivity index (χ1v) is 6.90. The van der Waals surface area contributed by atoms with Crippen molar-refractivity contribution >= 4 is 0 Å². The summed E-state index contributed by atoms with van der Waals surface area (Å²) in [4.78, 5) is 2.44. The van der Waals surface area contributed by atoms with Crippen molar-refractivity contribution < 1.29 is 10.2 Å². The quantitative estimate of drug-likeness (QED) is 0.723. The molecule has 3 nitrogen and oxygen atoms in total. The monoisotopic (exact) mass is 241 g/mol. The Morgan fingerprint density at radius 2 is 1.88 bits per heavy atom. The molecule has 0 bridgehead atoms. The van der Waals surface area contributed by atoms with Gasteiger partial charge in [-0.1, -0.05) is 13.8 Å². The van der Waals surface area contributed by atoms with Gasteiger partial charge in [-0.25, -0.2) is 0 Å². The van der Waals surface area contributed by atoms with Crippen LogP contribution in [-0.2, 0) is 0 Å². The fourth-order valence-electron chi connectivity index (χ4n) is 4.11. The first-order chi connectivity index (χ1) is 7.70. The van der Waals surface area contributed by atoms with Crippen LogP contribution < -0.4 is 0 Å². The first kappa shape index (κ1) is 13.3. The number of rotatable bonds is 5. The van der Waals surface area contributed by atoms with Gasteiger partial charge in [-0.3, -0.25) is 4.90 Å². The van der Waals surface area contributed by atoms with Crippen LogP contribution in [-0.4, -0.2) is 43.9 Å². The van der Waals surface area contributed by atoms with Crippen LogP contribution >= 0.6 is 0 Å². The molecular weight excluding hydrogens is 214 g/mol. The zero-order valence-electron chi connectivity index (χ0n) is 11.8. The Balaban J connectivity index is 2.08. The summed E-state index contributed by atoms with van der Waals surface area (Å²) in [6.45, 7) is 10.5. The molecule has 100 valence electrons. The van der Waals surface area contributed by atoms with Gasteiger partial charge in [-0.05, 0) is 46.5 Å². The van der Waals surface area contributed by atoms with Gasteiger partial charge in [0.15, 0.2) is 0 Å². The fourth-order valence-corrected chi connectivity index (χ4v) is 4.11. The van der Waals surface area contributed by atoms with Crippen molar-refractivity contribution in [3.05, 3.63) is 0 Å². The molecule has 2 N–H and O–H groups in total. The molecule has 1 heterocycles. The van der Waals surface area contributed by atoms with Gasteiger partial charge < -0.3 is 10.2 Å². The smallest absolute Gasteiger partial charge is 0.0732 e. The minimum Gasteiger partial charge on any atom is -0.391 e. The number of hydrogen-bond acceptors (Lipinski definition) is 3. The standard InChI is InChI=1S/C14H27NO2/c1-6-13(5,17)9-12(3,4)15-11-10(16)8-14(11,15)7-2/h10-11,16-17H,6-9H2,1-5H3/t10?,11?,13?,14?,15-/m1/s1. The molecule has 1 saturated carbocycles. The number of nitrogens with zero attached hydrogens (tertiary/aromatic N) is 1. The SMILES string of the molecule is CCC(C)(O)CC(C)(C)[N@@]1C2C(O)CC21CC. The van der Waals surface area contributed by atoms with Gasteiger partial charge in [0.2, 0.25) is 0 Å². The normalized spacial score (nSPS) is 43.6. The van der Waals surface area contributed by atoms with Crippen LogP contribution in [0.4, 0.5) is 0 Å². The van der Waals surface area contributed by atoms with Crippen molar-refractivity contribution in [3.63, 3.8) is 0 Å². The van der Waals surface area contributed by atoms with E-state index in [1.54, 1.807) is 0 Å². The van der Waals surface area contributed by atoms with Gasteiger partial charge in [0.1, 0.15) is 0 Å². The van der Waals surface area contributed by atoms with Gasteiger partial charge in [-0.2, -0.15) is 0 Å². The number of hydrogen-bond donors (Lipinski definition) is 2. The Hall–Kier alpha value is -0.120. The largest absolute Gasteiger partial charge is 0.391 e. The molecule has 3 heteroatoms. The lowest BCUT2D eigenvalue weighted by Crippen LogP contribution is -2.42. The van der Waals surface area contributed by atoms with E-state index in [0.29, 0.717) is 6.04 Å². The van der Waals surface area contributed by atoms with Crippen LogP contribution in [0.25, 0.3) is 0 Å². The van der Waals surface area contributed by atoms with E-state index >= 15 is 0 Å². The molecule has 2 fully saturated rings. The van der Waals surface area contributed by atoms with Crippen LogP contribution in [0.1, 0.15) is 60.3 Å². The molecule has 2 aliphatic rings. The zero-order chi connectivity index (χ0) is 13.1. The molecular formula is C14H27NO2. The van der Waals surface area contributed by atoms with E-state index in [9.17, 15) is 10.2 Å². The lowest BCUT2D eigenvalue weighted by atomic mass is 9.80. The van der Waals surface area contributed by atoms with Crippen molar-refractivity contribution in [1.82, 2.24) is 4.90 Å². The molecule has 0 aromatic rings. The van der Waals surface area contributed by atoms with Gasteiger partial charge in [0.25, 0.3) is 0 Å². The van der Waals surface area contributed by atoms with Crippen molar-refractivity contribution in [2.45, 2.75) is 89.1 Å². The Morgan fingerprint density at radius 1 is 1.29 bits per heavy atom. The number of aliphatic hydroxyl groups is 2. The summed E-state index contributed by atoms with van der Waals surface area (Å²) in [6, 6.07) is 0.343. The summed E-state index contributed by atoms with van der Waals surface area (Å²) >= 11 is 0. The van der Waals surface area contributed by atoms with Crippen LogP contribution in [0, 0.1) is 0 Å². The average molecular weight is 241 g/mol. The van der Waals surface area contributed by atoms with Crippen LogP contribution in [0.5, 0.6) is 0 Å². The molecule has 0 amide bonds. The summed E-state index contributed by atoms with van der Waals surface area (Å²) in [5.41, 5.74) is -0.393. The van der Waals surface area contributed by atoms with E-state index in [2.05, 4.69) is 25.7 Å². The fraction of sp³-hybridized carbons (Fsp3) is 1.00. The topological polar surface area (TPSA) is 43.5 Å². The van der Waals surface area contributed by atoms with E-state index in [0.717, 1.165) is 25.7 Å². The summed E-state index contributed by atoms with van der Waals surface area (Å²) in [5.74, 6) is 0. The Labute approximate surface area is 105 Å². The highest BCUT2D eigenvalue weighted by Crippen LogP contribution is 2.62. The Morgan fingerprint density at radius 3 is 2.24 bits per heavy atom. The highest BCUT2D eigenvalue weighted by Gasteiger charge is 2.76. The molecule has 2 rings (SSSR count). The lowest BCUT2D eigenvalue weighted by molar-refractivity contribution is 0.00509. The number of fused-ring (bicyclic) bond motifs is 1. The zero-order valence-corrected chi connectivity index (χ0v) is 11.8. The van der Waals surface area contributed by atoms with Crippen molar-refractivity contribution in [1.29, 1.82) is 0 Å². The predicted octanol–water partition coefficient (Wildman–Crippen LogP) is 1.91. The Kier molecular flexibility index (Phi) is 2.89. The molecule has 0 aromatic carbocycles. The third kappa shape index (κ3) is 1.83. The summed E-state index contributed by atoms with van der Waals surface area (Å²) in [5, 5.41) is 20.1. The first-order valence-electron chi connectivity index (χ1n) is 6.90. The van der Waals surface area contributed by atoms with E-state index in [4.69, 9.17) is 0 Å². The molecule has 1 saturated heterocycles. The van der Waals surface area contributed by atoms with E-state index in [-0.39, 0.29) is 17.2 Å². The number of likely N-dealkylation sites (tertiary alicyclic amines) is 1. The van der Waals surface area contributed by atoms with Crippen molar-refractivity contribution in [2.75, 3.05) is 0 Å². The van der Waals surface area contributed by atoms with Gasteiger partial charge in [-0.15, -0.1) is 0 Å². The highest BCUT2D eigenvalue weighted by molar-refractivity contribution is 5.31. The summed E-state index contributed by atoms with van der Waals surface area (Å²) in [7, 11) is 0. The molecule has 0 radical (unpaired) electrons. The molecule has 0 spiro atoms. The second-order valence-electron chi connectivity index (χ2n) is 6.88. The molecule has 1 aliphatic heterocycles. The average Bonchev–Trinajstić information content (AvgIpc) is 2.78. The van der Waals surface area contributed by atoms with Crippen LogP contribution in [0.3, 0.4) is 0 Å². The van der Waals surface area contributed by atoms with E-state index < -0.39 is 5.60 Å². The minimum absolute atomic E-state index is 0.0301. The van der Waals surface area contributed by atoms with Crippen molar-refractivity contribution in [3.8, 4) is 0 Å². The van der Waals surface area contributed by atoms with Crippen molar-refractivity contribution in [2.24, 2.45) is 0 Å².